The van der Waals surface area contributed by atoms with Crippen LogP contribution in [0.4, 0.5) is 0 Å². The van der Waals surface area contributed by atoms with E-state index in [9.17, 15) is 4.79 Å². The minimum atomic E-state index is -0.0942. The second-order valence-corrected chi connectivity index (χ2v) is 4.39. The lowest BCUT2D eigenvalue weighted by Gasteiger charge is -2.06. The van der Waals surface area contributed by atoms with Gasteiger partial charge in [-0.1, -0.05) is 21.1 Å². The average Bonchev–Trinajstić information content (AvgIpc) is 2.77. The summed E-state index contributed by atoms with van der Waals surface area (Å²) in [6.07, 6.45) is 1.41. The van der Waals surface area contributed by atoms with E-state index in [2.05, 4.69) is 21.1 Å². The fourth-order valence-electron chi connectivity index (χ4n) is 1.54. The van der Waals surface area contributed by atoms with Crippen molar-refractivity contribution in [2.75, 3.05) is 7.11 Å². The van der Waals surface area contributed by atoms with Crippen LogP contribution in [0.2, 0.25) is 0 Å². The summed E-state index contributed by atoms with van der Waals surface area (Å²) >= 11 is 3.37. The maximum atomic E-state index is 11.4. The van der Waals surface area contributed by atoms with E-state index in [0.717, 1.165) is 4.47 Å². The minimum Gasteiger partial charge on any atom is -0.496 e. The first-order valence-corrected chi connectivity index (χ1v) is 5.72. The van der Waals surface area contributed by atoms with Crippen molar-refractivity contribution in [2.45, 2.75) is 6.92 Å². The van der Waals surface area contributed by atoms with Gasteiger partial charge in [0, 0.05) is 4.47 Å². The van der Waals surface area contributed by atoms with Gasteiger partial charge < -0.3 is 9.26 Å². The molecule has 0 radical (unpaired) electrons. The smallest absolute Gasteiger partial charge is 0.181 e. The largest absolute Gasteiger partial charge is 0.496 e. The first kappa shape index (κ1) is 11.9. The quantitative estimate of drug-likeness (QED) is 0.815. The molecule has 0 saturated carbocycles. The number of halogens is 1. The number of hydrogen-bond acceptors (Lipinski definition) is 4. The van der Waals surface area contributed by atoms with Crippen LogP contribution in [0, 0.1) is 0 Å². The molecule has 0 N–H and O–H groups in total. The molecule has 5 heteroatoms. The predicted octanol–water partition coefficient (Wildman–Crippen LogP) is 3.32. The number of nitrogens with zero attached hydrogens (tertiary/aromatic N) is 1. The predicted molar refractivity (Wildman–Crippen MR) is 66.2 cm³/mol. The number of benzene rings is 1. The number of rotatable bonds is 3. The fraction of sp³-hybridized carbons (Fsp3) is 0.167. The third kappa shape index (κ3) is 2.24. The zero-order valence-corrected chi connectivity index (χ0v) is 10.9. The molecule has 0 fully saturated rings. The number of ether oxygens (including phenoxy) is 1. The molecule has 0 aliphatic rings. The van der Waals surface area contributed by atoms with E-state index in [4.69, 9.17) is 9.26 Å². The van der Waals surface area contributed by atoms with Crippen LogP contribution in [0.5, 0.6) is 5.75 Å². The van der Waals surface area contributed by atoms with Gasteiger partial charge in [-0.25, -0.2) is 0 Å². The molecule has 4 nitrogen and oxygen atoms in total. The van der Waals surface area contributed by atoms with Gasteiger partial charge in [0.05, 0.1) is 24.4 Å². The maximum Gasteiger partial charge on any atom is 0.181 e. The number of carbonyl (C=O) groups excluding carboxylic acids is 1. The Kier molecular flexibility index (Phi) is 3.28. The van der Waals surface area contributed by atoms with Gasteiger partial charge in [-0.2, -0.15) is 0 Å². The Labute approximate surface area is 107 Å². The summed E-state index contributed by atoms with van der Waals surface area (Å²) in [5, 5.41) is 3.66. The molecule has 2 aromatic rings. The molecule has 17 heavy (non-hydrogen) atoms. The molecule has 2 rings (SSSR count). The van der Waals surface area contributed by atoms with Crippen molar-refractivity contribution in [3.05, 3.63) is 34.4 Å². The molecular weight excluding hydrogens is 286 g/mol. The van der Waals surface area contributed by atoms with Gasteiger partial charge in [0.15, 0.2) is 11.5 Å². The zero-order chi connectivity index (χ0) is 12.4. The third-order valence-electron chi connectivity index (χ3n) is 2.36. The molecule has 0 unspecified atom stereocenters. The van der Waals surface area contributed by atoms with E-state index >= 15 is 0 Å². The number of methoxy groups -OCH3 is 1. The SMILES string of the molecule is COc1ccc(Br)cc1-c1oncc1C(C)=O. The maximum absolute atomic E-state index is 11.4. The van der Waals surface area contributed by atoms with E-state index in [-0.39, 0.29) is 5.78 Å². The molecule has 0 spiro atoms. The Morgan fingerprint density at radius 2 is 2.24 bits per heavy atom. The summed E-state index contributed by atoms with van der Waals surface area (Å²) in [5.74, 6) is 0.964. The average molecular weight is 296 g/mol. The number of carbonyl (C=O) groups is 1. The number of ketones is 1. The highest BCUT2D eigenvalue weighted by Gasteiger charge is 2.18. The molecule has 0 aliphatic carbocycles. The van der Waals surface area contributed by atoms with Crippen LogP contribution in [0.1, 0.15) is 17.3 Å². The molecule has 0 amide bonds. The van der Waals surface area contributed by atoms with Crippen LogP contribution in [0.15, 0.2) is 33.4 Å². The van der Waals surface area contributed by atoms with Crippen molar-refractivity contribution in [1.29, 1.82) is 0 Å². The highest BCUT2D eigenvalue weighted by atomic mass is 79.9. The Morgan fingerprint density at radius 1 is 1.47 bits per heavy atom. The molecule has 1 aromatic heterocycles. The zero-order valence-electron chi connectivity index (χ0n) is 9.36. The third-order valence-corrected chi connectivity index (χ3v) is 2.85. The minimum absolute atomic E-state index is 0.0942. The first-order chi connectivity index (χ1) is 8.13. The van der Waals surface area contributed by atoms with Crippen molar-refractivity contribution < 1.29 is 14.1 Å². The van der Waals surface area contributed by atoms with Crippen molar-refractivity contribution in [3.8, 4) is 17.1 Å². The van der Waals surface area contributed by atoms with Gasteiger partial charge in [-0.15, -0.1) is 0 Å². The summed E-state index contributed by atoms with van der Waals surface area (Å²) in [4.78, 5) is 11.4. The number of aromatic nitrogens is 1. The van der Waals surface area contributed by atoms with E-state index in [1.54, 1.807) is 13.2 Å². The fourth-order valence-corrected chi connectivity index (χ4v) is 1.90. The van der Waals surface area contributed by atoms with Gasteiger partial charge in [-0.3, -0.25) is 4.79 Å². The molecule has 0 bridgehead atoms. The number of Topliss-reactive ketones (excluding diaryl/α,β-unsaturated/α-hetero) is 1. The topological polar surface area (TPSA) is 52.3 Å². The van der Waals surface area contributed by atoms with Crippen LogP contribution >= 0.6 is 15.9 Å². The highest BCUT2D eigenvalue weighted by molar-refractivity contribution is 9.10. The van der Waals surface area contributed by atoms with E-state index < -0.39 is 0 Å². The Bertz CT molecular complexity index is 563. The second kappa shape index (κ2) is 4.71. The van der Waals surface area contributed by atoms with Crippen LogP contribution in [-0.2, 0) is 0 Å². The van der Waals surface area contributed by atoms with Crippen LogP contribution < -0.4 is 4.74 Å². The van der Waals surface area contributed by atoms with Gasteiger partial charge in [0.1, 0.15) is 5.75 Å². The lowest BCUT2D eigenvalue weighted by atomic mass is 10.1. The van der Waals surface area contributed by atoms with Crippen LogP contribution in [0.3, 0.4) is 0 Å². The van der Waals surface area contributed by atoms with Gasteiger partial charge >= 0.3 is 0 Å². The van der Waals surface area contributed by atoms with Gasteiger partial charge in [0.2, 0.25) is 0 Å². The molecule has 1 aromatic carbocycles. The lowest BCUT2D eigenvalue weighted by molar-refractivity contribution is 0.101. The van der Waals surface area contributed by atoms with Crippen molar-refractivity contribution in [2.24, 2.45) is 0 Å². The van der Waals surface area contributed by atoms with E-state index in [1.807, 2.05) is 12.1 Å². The summed E-state index contributed by atoms with van der Waals surface area (Å²) in [5.41, 5.74) is 1.14. The summed E-state index contributed by atoms with van der Waals surface area (Å²) in [6, 6.07) is 5.48. The summed E-state index contributed by atoms with van der Waals surface area (Å²) in [7, 11) is 1.57. The Balaban J connectivity index is 2.63. The second-order valence-electron chi connectivity index (χ2n) is 3.47. The monoisotopic (exact) mass is 295 g/mol. The highest BCUT2D eigenvalue weighted by Crippen LogP contribution is 2.34. The molecule has 0 atom stereocenters. The number of hydrogen-bond donors (Lipinski definition) is 0. The van der Waals surface area contributed by atoms with Gasteiger partial charge in [-0.05, 0) is 25.1 Å². The van der Waals surface area contributed by atoms with Crippen LogP contribution in [0.25, 0.3) is 11.3 Å². The van der Waals surface area contributed by atoms with Crippen molar-refractivity contribution >= 4 is 21.7 Å². The Hall–Kier alpha value is -1.62. The summed E-state index contributed by atoms with van der Waals surface area (Å²) in [6.45, 7) is 1.47. The molecule has 0 saturated heterocycles. The molecule has 88 valence electrons. The molecule has 1 heterocycles. The lowest BCUT2D eigenvalue weighted by Crippen LogP contribution is -1.94. The van der Waals surface area contributed by atoms with Crippen molar-refractivity contribution in [1.82, 2.24) is 5.16 Å². The summed E-state index contributed by atoms with van der Waals surface area (Å²) < 4.78 is 11.3. The van der Waals surface area contributed by atoms with E-state index in [0.29, 0.717) is 22.6 Å². The van der Waals surface area contributed by atoms with Gasteiger partial charge in [0.25, 0.3) is 0 Å². The normalized spacial score (nSPS) is 10.3. The molecule has 0 aliphatic heterocycles. The van der Waals surface area contributed by atoms with Crippen molar-refractivity contribution in [3.63, 3.8) is 0 Å². The first-order valence-electron chi connectivity index (χ1n) is 4.93. The van der Waals surface area contributed by atoms with E-state index in [1.165, 1.54) is 13.1 Å². The molecular formula is C12H10BrNO3. The Morgan fingerprint density at radius 3 is 2.88 bits per heavy atom. The van der Waals surface area contributed by atoms with Crippen LogP contribution in [-0.4, -0.2) is 18.0 Å². The standard InChI is InChI=1S/C12H10BrNO3/c1-7(15)10-6-14-17-12(10)9-5-8(13)3-4-11(9)16-2/h3-6H,1-2H3.